The van der Waals surface area contributed by atoms with Crippen molar-refractivity contribution in [2.24, 2.45) is 0 Å². The Balaban J connectivity index is 2.29. The number of nitro groups is 1. The van der Waals surface area contributed by atoms with E-state index in [1.54, 1.807) is 6.07 Å². The van der Waals surface area contributed by atoms with Gasteiger partial charge >= 0.3 is 0 Å². The van der Waals surface area contributed by atoms with Crippen molar-refractivity contribution >= 4 is 5.69 Å². The van der Waals surface area contributed by atoms with Crippen molar-refractivity contribution < 1.29 is 14.1 Å². The molecule has 94 valence electrons. The molecule has 0 saturated heterocycles. The third-order valence-corrected chi connectivity index (χ3v) is 2.23. The average Bonchev–Trinajstić information content (AvgIpc) is 2.39. The predicted molar refractivity (Wildman–Crippen MR) is 62.1 cm³/mol. The Morgan fingerprint density at radius 2 is 2.16 bits per heavy atom. The van der Waals surface area contributed by atoms with Gasteiger partial charge in [0.25, 0.3) is 5.69 Å². The number of rotatable bonds is 3. The van der Waals surface area contributed by atoms with Crippen LogP contribution in [0.4, 0.5) is 10.1 Å². The third kappa shape index (κ3) is 2.63. The summed E-state index contributed by atoms with van der Waals surface area (Å²) in [7, 11) is 0. The lowest BCUT2D eigenvalue weighted by atomic mass is 10.2. The van der Waals surface area contributed by atoms with Crippen molar-refractivity contribution in [3.05, 3.63) is 58.0 Å². The van der Waals surface area contributed by atoms with Gasteiger partial charge in [0.15, 0.2) is 0 Å². The Hall–Kier alpha value is -3.01. The molecule has 0 aliphatic carbocycles. The van der Waals surface area contributed by atoms with Crippen LogP contribution < -0.4 is 4.74 Å². The summed E-state index contributed by atoms with van der Waals surface area (Å²) in [6, 6.07) is 8.07. The molecule has 1 heterocycles. The Bertz CT molecular complexity index is 665. The summed E-state index contributed by atoms with van der Waals surface area (Å²) in [5, 5.41) is 19.3. The minimum atomic E-state index is -0.707. The number of nitrogens with zero attached hydrogens (tertiary/aromatic N) is 3. The molecule has 6 nitrogen and oxygen atoms in total. The number of halogens is 1. The molecular formula is C12H6FN3O3. The molecule has 19 heavy (non-hydrogen) atoms. The summed E-state index contributed by atoms with van der Waals surface area (Å²) in [4.78, 5) is 13.6. The maximum absolute atomic E-state index is 13.3. The summed E-state index contributed by atoms with van der Waals surface area (Å²) in [6.07, 6.45) is 1.01. The maximum atomic E-state index is 13.3. The lowest BCUT2D eigenvalue weighted by molar-refractivity contribution is -0.385. The molecule has 0 spiro atoms. The van der Waals surface area contributed by atoms with E-state index in [1.807, 2.05) is 0 Å². The number of ether oxygens (including phenoxy) is 1. The molecule has 0 aliphatic heterocycles. The van der Waals surface area contributed by atoms with Crippen LogP contribution in [0.5, 0.6) is 11.6 Å². The van der Waals surface area contributed by atoms with E-state index in [1.165, 1.54) is 24.3 Å². The molecule has 0 atom stereocenters. The van der Waals surface area contributed by atoms with Crippen molar-refractivity contribution in [3.8, 4) is 17.7 Å². The number of benzene rings is 1. The molecule has 0 fully saturated rings. The van der Waals surface area contributed by atoms with Crippen LogP contribution in [0, 0.1) is 27.3 Å². The lowest BCUT2D eigenvalue weighted by Crippen LogP contribution is -1.94. The van der Waals surface area contributed by atoms with Gasteiger partial charge in [-0.25, -0.2) is 9.37 Å². The number of hydrogen-bond acceptors (Lipinski definition) is 5. The maximum Gasteiger partial charge on any atom is 0.287 e. The monoisotopic (exact) mass is 259 g/mol. The topological polar surface area (TPSA) is 89.0 Å². The van der Waals surface area contributed by atoms with E-state index >= 15 is 0 Å². The molecule has 0 bridgehead atoms. The quantitative estimate of drug-likeness (QED) is 0.624. The standard InChI is InChI=1S/C12H6FN3O3/c13-10-2-1-3-11(9(10)6-14)19-12-5-4-8(7-15-12)16(17)18/h1-5,7H. The zero-order valence-electron chi connectivity index (χ0n) is 9.41. The van der Waals surface area contributed by atoms with E-state index in [0.717, 1.165) is 12.3 Å². The zero-order chi connectivity index (χ0) is 13.8. The van der Waals surface area contributed by atoms with Crippen LogP contribution in [0.2, 0.25) is 0 Å². The predicted octanol–water partition coefficient (Wildman–Crippen LogP) is 2.79. The van der Waals surface area contributed by atoms with Crippen molar-refractivity contribution in [2.45, 2.75) is 0 Å². The van der Waals surface area contributed by atoms with Crippen molar-refractivity contribution in [2.75, 3.05) is 0 Å². The first-order valence-corrected chi connectivity index (χ1v) is 5.08. The fourth-order valence-corrected chi connectivity index (χ4v) is 1.35. The van der Waals surface area contributed by atoms with Gasteiger partial charge in [0.05, 0.1) is 4.92 Å². The highest BCUT2D eigenvalue weighted by Crippen LogP contribution is 2.26. The van der Waals surface area contributed by atoms with Crippen molar-refractivity contribution in [1.82, 2.24) is 4.98 Å². The second-order valence-corrected chi connectivity index (χ2v) is 3.44. The van der Waals surface area contributed by atoms with E-state index in [2.05, 4.69) is 4.98 Å². The van der Waals surface area contributed by atoms with Crippen LogP contribution in [0.15, 0.2) is 36.5 Å². The first-order valence-electron chi connectivity index (χ1n) is 5.08. The molecule has 7 heteroatoms. The summed E-state index contributed by atoms with van der Waals surface area (Å²) >= 11 is 0. The smallest absolute Gasteiger partial charge is 0.287 e. The molecular weight excluding hydrogens is 253 g/mol. The second-order valence-electron chi connectivity index (χ2n) is 3.44. The summed E-state index contributed by atoms with van der Waals surface area (Å²) < 4.78 is 18.5. The van der Waals surface area contributed by atoms with E-state index < -0.39 is 10.7 Å². The lowest BCUT2D eigenvalue weighted by Gasteiger charge is -2.06. The van der Waals surface area contributed by atoms with Gasteiger partial charge in [0.2, 0.25) is 5.88 Å². The van der Waals surface area contributed by atoms with Gasteiger partial charge in [-0.15, -0.1) is 0 Å². The van der Waals surface area contributed by atoms with Crippen LogP contribution >= 0.6 is 0 Å². The molecule has 0 radical (unpaired) electrons. The van der Waals surface area contributed by atoms with Gasteiger partial charge in [-0.1, -0.05) is 6.07 Å². The summed E-state index contributed by atoms with van der Waals surface area (Å²) in [6.45, 7) is 0. The molecule has 2 rings (SSSR count). The molecule has 2 aromatic rings. The number of nitriles is 1. The van der Waals surface area contributed by atoms with Gasteiger partial charge in [-0.05, 0) is 12.1 Å². The third-order valence-electron chi connectivity index (χ3n) is 2.23. The SMILES string of the molecule is N#Cc1c(F)cccc1Oc1ccc([N+](=O)[O-])cn1. The Morgan fingerprint density at radius 3 is 2.74 bits per heavy atom. The number of aromatic nitrogens is 1. The molecule has 0 aliphatic rings. The molecule has 0 amide bonds. The van der Waals surface area contributed by atoms with E-state index in [4.69, 9.17) is 10.00 Å². The summed E-state index contributed by atoms with van der Waals surface area (Å²) in [5.74, 6) is -0.668. The van der Waals surface area contributed by atoms with Gasteiger partial charge in [0, 0.05) is 12.1 Å². The van der Waals surface area contributed by atoms with E-state index in [9.17, 15) is 14.5 Å². The Kier molecular flexibility index (Phi) is 3.34. The normalized spacial score (nSPS) is 9.68. The van der Waals surface area contributed by atoms with Crippen LogP contribution in [0.25, 0.3) is 0 Å². The first-order chi connectivity index (χ1) is 9.11. The fourth-order valence-electron chi connectivity index (χ4n) is 1.35. The van der Waals surface area contributed by atoms with Gasteiger partial charge < -0.3 is 4.74 Å². The highest BCUT2D eigenvalue weighted by molar-refractivity contribution is 5.45. The largest absolute Gasteiger partial charge is 0.438 e. The highest BCUT2D eigenvalue weighted by Gasteiger charge is 2.11. The van der Waals surface area contributed by atoms with Crippen LogP contribution in [-0.4, -0.2) is 9.91 Å². The molecule has 1 aromatic carbocycles. The minimum Gasteiger partial charge on any atom is -0.438 e. The fraction of sp³-hybridized carbons (Fsp3) is 0. The van der Waals surface area contributed by atoms with E-state index in [0.29, 0.717) is 0 Å². The van der Waals surface area contributed by atoms with Crippen molar-refractivity contribution in [3.63, 3.8) is 0 Å². The van der Waals surface area contributed by atoms with Gasteiger partial charge in [-0.3, -0.25) is 10.1 Å². The minimum absolute atomic E-state index is 0.00357. The molecule has 1 aromatic heterocycles. The van der Waals surface area contributed by atoms with E-state index in [-0.39, 0.29) is 22.9 Å². The molecule has 0 saturated carbocycles. The molecule has 0 unspecified atom stereocenters. The van der Waals surface area contributed by atoms with Crippen molar-refractivity contribution in [1.29, 1.82) is 5.26 Å². The Labute approximate surface area is 106 Å². The van der Waals surface area contributed by atoms with Gasteiger partial charge in [0.1, 0.15) is 29.4 Å². The summed E-state index contributed by atoms with van der Waals surface area (Å²) in [5.41, 5.74) is -0.435. The number of hydrogen-bond donors (Lipinski definition) is 0. The average molecular weight is 259 g/mol. The van der Waals surface area contributed by atoms with Gasteiger partial charge in [-0.2, -0.15) is 5.26 Å². The second kappa shape index (κ2) is 5.10. The molecule has 0 N–H and O–H groups in total. The van der Waals surface area contributed by atoms with Crippen LogP contribution in [-0.2, 0) is 0 Å². The Morgan fingerprint density at radius 1 is 1.37 bits per heavy atom. The van der Waals surface area contributed by atoms with Crippen LogP contribution in [0.1, 0.15) is 5.56 Å². The number of pyridine rings is 1. The first kappa shape index (κ1) is 12.4. The highest BCUT2D eigenvalue weighted by atomic mass is 19.1. The van der Waals surface area contributed by atoms with Crippen LogP contribution in [0.3, 0.4) is 0 Å². The zero-order valence-corrected chi connectivity index (χ0v) is 9.41.